The second kappa shape index (κ2) is 4.22. The van der Waals surface area contributed by atoms with Crippen LogP contribution in [0.2, 0.25) is 0 Å². The molecule has 2 N–H and O–H groups in total. The Morgan fingerprint density at radius 2 is 2.00 bits per heavy atom. The van der Waals surface area contributed by atoms with Gasteiger partial charge >= 0.3 is 0 Å². The molecule has 0 aliphatic rings. The number of likely N-dealkylation sites (N-methyl/N-ethyl adjacent to an activating group) is 1. The van der Waals surface area contributed by atoms with Crippen LogP contribution in [0.15, 0.2) is 34.9 Å². The number of para-hydroxylation sites is 1. The molecular weight excluding hydrogens is 216 g/mol. The number of hydrogen-bond acceptors (Lipinski definition) is 3. The van der Waals surface area contributed by atoms with E-state index in [9.17, 15) is 4.79 Å². The fourth-order valence-corrected chi connectivity index (χ4v) is 1.47. The van der Waals surface area contributed by atoms with E-state index in [2.05, 4.69) is 10.6 Å². The van der Waals surface area contributed by atoms with E-state index < -0.39 is 5.54 Å². The average Bonchev–Trinajstić information content (AvgIpc) is 2.73. The van der Waals surface area contributed by atoms with Crippen molar-refractivity contribution in [1.82, 2.24) is 5.32 Å². The molecule has 90 valence electrons. The Morgan fingerprint density at radius 3 is 2.71 bits per heavy atom. The lowest BCUT2D eigenvalue weighted by atomic mass is 10.1. The van der Waals surface area contributed by atoms with Gasteiger partial charge in [-0.05, 0) is 33.0 Å². The van der Waals surface area contributed by atoms with Crippen LogP contribution in [-0.4, -0.2) is 18.5 Å². The Hall–Kier alpha value is -1.81. The van der Waals surface area contributed by atoms with Crippen molar-refractivity contribution in [2.75, 3.05) is 12.4 Å². The maximum Gasteiger partial charge on any atom is 0.244 e. The number of carbonyl (C=O) groups is 1. The molecule has 0 atom stereocenters. The van der Waals surface area contributed by atoms with Crippen molar-refractivity contribution in [3.63, 3.8) is 0 Å². The second-order valence-electron chi connectivity index (χ2n) is 4.47. The molecule has 0 unspecified atom stereocenters. The molecule has 1 aromatic carbocycles. The van der Waals surface area contributed by atoms with Crippen molar-refractivity contribution < 1.29 is 9.21 Å². The first-order valence-corrected chi connectivity index (χ1v) is 5.51. The van der Waals surface area contributed by atoms with E-state index in [0.29, 0.717) is 5.69 Å². The van der Waals surface area contributed by atoms with Crippen molar-refractivity contribution in [2.45, 2.75) is 19.4 Å². The van der Waals surface area contributed by atoms with Gasteiger partial charge in [-0.1, -0.05) is 12.1 Å². The zero-order valence-electron chi connectivity index (χ0n) is 10.2. The van der Waals surface area contributed by atoms with Gasteiger partial charge in [0.25, 0.3) is 0 Å². The molecule has 2 rings (SSSR count). The summed E-state index contributed by atoms with van der Waals surface area (Å²) in [5.74, 6) is -0.0912. The first-order chi connectivity index (χ1) is 8.04. The fourth-order valence-electron chi connectivity index (χ4n) is 1.47. The highest BCUT2D eigenvalue weighted by Gasteiger charge is 2.25. The van der Waals surface area contributed by atoms with Crippen LogP contribution < -0.4 is 10.6 Å². The summed E-state index contributed by atoms with van der Waals surface area (Å²) in [7, 11) is 1.76. The number of carbonyl (C=O) groups excluding carboxylic acids is 1. The maximum absolute atomic E-state index is 12.0. The van der Waals surface area contributed by atoms with Crippen LogP contribution in [-0.2, 0) is 4.79 Å². The Labute approximate surface area is 100.0 Å². The predicted molar refractivity (Wildman–Crippen MR) is 68.0 cm³/mol. The molecule has 1 heterocycles. The van der Waals surface area contributed by atoms with Gasteiger partial charge in [0.15, 0.2) is 0 Å². The minimum absolute atomic E-state index is 0.0912. The zero-order valence-corrected chi connectivity index (χ0v) is 10.2. The first kappa shape index (κ1) is 11.7. The molecular formula is C13H16N2O2. The van der Waals surface area contributed by atoms with Crippen molar-refractivity contribution in [3.05, 3.63) is 30.5 Å². The molecule has 1 aromatic heterocycles. The second-order valence-corrected chi connectivity index (χ2v) is 4.47. The van der Waals surface area contributed by atoms with Gasteiger partial charge in [0.1, 0.15) is 11.8 Å². The van der Waals surface area contributed by atoms with Crippen LogP contribution in [0.3, 0.4) is 0 Å². The summed E-state index contributed by atoms with van der Waals surface area (Å²) in [6, 6.07) is 7.60. The van der Waals surface area contributed by atoms with Crippen LogP contribution in [0, 0.1) is 0 Å². The summed E-state index contributed by atoms with van der Waals surface area (Å²) in [5, 5.41) is 6.73. The first-order valence-electron chi connectivity index (χ1n) is 5.51. The van der Waals surface area contributed by atoms with Crippen LogP contribution in [0.4, 0.5) is 5.69 Å². The third-order valence-corrected chi connectivity index (χ3v) is 2.92. The third-order valence-electron chi connectivity index (χ3n) is 2.92. The van der Waals surface area contributed by atoms with Gasteiger partial charge in [0, 0.05) is 5.39 Å². The van der Waals surface area contributed by atoms with Gasteiger partial charge in [-0.25, -0.2) is 0 Å². The Balaban J connectivity index is 2.28. The van der Waals surface area contributed by atoms with Crippen LogP contribution in [0.25, 0.3) is 11.0 Å². The lowest BCUT2D eigenvalue weighted by Gasteiger charge is -2.22. The lowest BCUT2D eigenvalue weighted by Crippen LogP contribution is -2.47. The van der Waals surface area contributed by atoms with E-state index in [1.54, 1.807) is 13.3 Å². The summed E-state index contributed by atoms with van der Waals surface area (Å²) >= 11 is 0. The summed E-state index contributed by atoms with van der Waals surface area (Å²) in [5.41, 5.74) is 0.859. The Kier molecular flexibility index (Phi) is 2.90. The van der Waals surface area contributed by atoms with Crippen molar-refractivity contribution in [3.8, 4) is 0 Å². The van der Waals surface area contributed by atoms with Crippen molar-refractivity contribution in [2.24, 2.45) is 0 Å². The Morgan fingerprint density at radius 1 is 1.29 bits per heavy atom. The molecule has 0 radical (unpaired) electrons. The standard InChI is InChI=1S/C13H16N2O2/c1-13(2,14-3)12(16)15-10-8-17-11-7-5-4-6-9(10)11/h4-8,14H,1-3H3,(H,15,16). The number of hydrogen-bond donors (Lipinski definition) is 2. The average molecular weight is 232 g/mol. The fraction of sp³-hybridized carbons (Fsp3) is 0.308. The number of benzene rings is 1. The molecule has 2 aromatic rings. The monoisotopic (exact) mass is 232 g/mol. The molecule has 4 heteroatoms. The van der Waals surface area contributed by atoms with Crippen LogP contribution >= 0.6 is 0 Å². The highest BCUT2D eigenvalue weighted by atomic mass is 16.3. The Bertz CT molecular complexity index is 543. The molecule has 0 saturated carbocycles. The van der Waals surface area contributed by atoms with Gasteiger partial charge in [0.05, 0.1) is 11.2 Å². The number of amides is 1. The summed E-state index contributed by atoms with van der Waals surface area (Å²) < 4.78 is 5.36. The smallest absolute Gasteiger partial charge is 0.244 e. The molecule has 0 spiro atoms. The van der Waals surface area contributed by atoms with E-state index in [-0.39, 0.29) is 5.91 Å². The third kappa shape index (κ3) is 2.17. The van der Waals surface area contributed by atoms with E-state index >= 15 is 0 Å². The van der Waals surface area contributed by atoms with Gasteiger partial charge in [-0.2, -0.15) is 0 Å². The summed E-state index contributed by atoms with van der Waals surface area (Å²) in [4.78, 5) is 12.0. The zero-order chi connectivity index (χ0) is 12.5. The number of nitrogens with one attached hydrogen (secondary N) is 2. The number of anilines is 1. The summed E-state index contributed by atoms with van der Waals surface area (Å²) in [6.07, 6.45) is 1.56. The van der Waals surface area contributed by atoms with E-state index in [1.807, 2.05) is 38.1 Å². The molecule has 0 saturated heterocycles. The quantitative estimate of drug-likeness (QED) is 0.854. The van der Waals surface area contributed by atoms with Crippen molar-refractivity contribution >= 4 is 22.6 Å². The molecule has 4 nitrogen and oxygen atoms in total. The van der Waals surface area contributed by atoms with Gasteiger partial charge < -0.3 is 15.1 Å². The molecule has 0 fully saturated rings. The highest BCUT2D eigenvalue weighted by Crippen LogP contribution is 2.25. The minimum Gasteiger partial charge on any atom is -0.462 e. The number of rotatable bonds is 3. The number of furan rings is 1. The van der Waals surface area contributed by atoms with Crippen LogP contribution in [0.5, 0.6) is 0 Å². The maximum atomic E-state index is 12.0. The largest absolute Gasteiger partial charge is 0.462 e. The van der Waals surface area contributed by atoms with E-state index in [0.717, 1.165) is 11.0 Å². The number of fused-ring (bicyclic) bond motifs is 1. The topological polar surface area (TPSA) is 54.3 Å². The van der Waals surface area contributed by atoms with Gasteiger partial charge in [-0.15, -0.1) is 0 Å². The normalized spacial score (nSPS) is 11.7. The summed E-state index contributed by atoms with van der Waals surface area (Å²) in [6.45, 7) is 3.65. The molecule has 17 heavy (non-hydrogen) atoms. The highest BCUT2D eigenvalue weighted by molar-refractivity contribution is 6.04. The molecule has 0 aliphatic carbocycles. The van der Waals surface area contributed by atoms with Gasteiger partial charge in [0.2, 0.25) is 5.91 Å². The minimum atomic E-state index is -0.613. The SMILES string of the molecule is CNC(C)(C)C(=O)Nc1coc2ccccc12. The molecule has 1 amide bonds. The lowest BCUT2D eigenvalue weighted by molar-refractivity contribution is -0.121. The predicted octanol–water partition coefficient (Wildman–Crippen LogP) is 2.37. The van der Waals surface area contributed by atoms with E-state index in [1.165, 1.54) is 0 Å². The molecule has 0 aliphatic heterocycles. The van der Waals surface area contributed by atoms with Gasteiger partial charge in [-0.3, -0.25) is 4.79 Å². The van der Waals surface area contributed by atoms with Crippen LogP contribution in [0.1, 0.15) is 13.8 Å². The van der Waals surface area contributed by atoms with Crippen molar-refractivity contribution in [1.29, 1.82) is 0 Å². The molecule has 0 bridgehead atoms. The van der Waals surface area contributed by atoms with E-state index in [4.69, 9.17) is 4.42 Å².